The second kappa shape index (κ2) is 6.91. The molecule has 8 heteroatoms. The summed E-state index contributed by atoms with van der Waals surface area (Å²) in [5, 5.41) is 37.7. The molecule has 0 saturated heterocycles. The molecule has 0 fully saturated rings. The third-order valence-electron chi connectivity index (χ3n) is 4.36. The highest BCUT2D eigenvalue weighted by atomic mass is 16.4. The number of hydrogen-bond acceptors (Lipinski definition) is 4. The van der Waals surface area contributed by atoms with Gasteiger partial charge in [0.2, 0.25) is 0 Å². The molecule has 0 bridgehead atoms. The van der Waals surface area contributed by atoms with Crippen LogP contribution in [0.1, 0.15) is 69.3 Å². The molecule has 0 atom stereocenters. The summed E-state index contributed by atoms with van der Waals surface area (Å²) in [4.78, 5) is 46.3. The Kier molecular flexibility index (Phi) is 5.03. The lowest BCUT2D eigenvalue weighted by Gasteiger charge is -2.30. The summed E-state index contributed by atoms with van der Waals surface area (Å²) in [6.07, 6.45) is 0. The van der Waals surface area contributed by atoms with Gasteiger partial charge in [-0.25, -0.2) is 19.2 Å². The average molecular weight is 376 g/mol. The second-order valence-electron chi connectivity index (χ2n) is 6.30. The largest absolute Gasteiger partial charge is 0.478 e. The van der Waals surface area contributed by atoms with Crippen molar-refractivity contribution >= 4 is 23.9 Å². The first kappa shape index (κ1) is 19.6. The van der Waals surface area contributed by atoms with Gasteiger partial charge in [0.15, 0.2) is 0 Å². The van der Waals surface area contributed by atoms with E-state index < -0.39 is 51.5 Å². The Labute approximate surface area is 156 Å². The minimum Gasteiger partial charge on any atom is -0.478 e. The molecule has 0 aliphatic carbocycles. The van der Waals surface area contributed by atoms with Crippen LogP contribution in [0.2, 0.25) is 0 Å². The minimum atomic E-state index is -1.48. The maximum Gasteiger partial charge on any atom is 0.336 e. The topological polar surface area (TPSA) is 149 Å². The zero-order chi connectivity index (χ0) is 20.5. The first-order chi connectivity index (χ1) is 12.5. The number of carbonyl (C=O) groups is 4. The molecule has 0 spiro atoms. The normalized spacial score (nSPS) is 11.0. The summed E-state index contributed by atoms with van der Waals surface area (Å²) in [5.41, 5.74) is -3.05. The van der Waals surface area contributed by atoms with E-state index in [4.69, 9.17) is 0 Å². The van der Waals surface area contributed by atoms with Gasteiger partial charge in [-0.2, -0.15) is 0 Å². The number of carboxylic acid groups (broad SMARTS) is 4. The Hall–Kier alpha value is -3.68. The van der Waals surface area contributed by atoms with Crippen molar-refractivity contribution in [1.82, 2.24) is 0 Å². The van der Waals surface area contributed by atoms with Crippen LogP contribution in [0.15, 0.2) is 36.4 Å². The number of aromatic carboxylic acids is 4. The highest BCUT2D eigenvalue weighted by Crippen LogP contribution is 2.37. The van der Waals surface area contributed by atoms with Crippen molar-refractivity contribution in [1.29, 1.82) is 0 Å². The quantitative estimate of drug-likeness (QED) is 0.600. The van der Waals surface area contributed by atoms with Gasteiger partial charge in [0.25, 0.3) is 0 Å². The summed E-state index contributed by atoms with van der Waals surface area (Å²) in [7, 11) is 0. The van der Waals surface area contributed by atoms with E-state index in [1.807, 2.05) is 0 Å². The minimum absolute atomic E-state index is 0. The van der Waals surface area contributed by atoms with E-state index in [9.17, 15) is 39.6 Å². The monoisotopic (exact) mass is 376 g/mol. The van der Waals surface area contributed by atoms with Crippen LogP contribution in [0.3, 0.4) is 0 Å². The fraction of sp³-hybridized carbons (Fsp3) is 0.158. The molecule has 0 aromatic heterocycles. The maximum absolute atomic E-state index is 11.7. The highest BCUT2D eigenvalue weighted by Gasteiger charge is 2.35. The molecule has 27 heavy (non-hydrogen) atoms. The number of carboxylic acids is 4. The first-order valence-corrected chi connectivity index (χ1v) is 7.70. The van der Waals surface area contributed by atoms with E-state index in [2.05, 4.69) is 0 Å². The van der Waals surface area contributed by atoms with Crippen molar-refractivity contribution < 1.29 is 42.5 Å². The molecular weight excluding hydrogens is 356 g/mol. The predicted molar refractivity (Wildman–Crippen MR) is 97.1 cm³/mol. The third kappa shape index (κ3) is 3.37. The fourth-order valence-electron chi connectivity index (χ4n) is 3.11. The van der Waals surface area contributed by atoms with E-state index >= 15 is 0 Å². The molecule has 4 N–H and O–H groups in total. The molecule has 2 aromatic rings. The molecule has 0 aliphatic heterocycles. The summed E-state index contributed by atoms with van der Waals surface area (Å²) in [5.74, 6) is -5.85. The maximum atomic E-state index is 11.7. The molecule has 0 heterocycles. The van der Waals surface area contributed by atoms with E-state index in [1.165, 1.54) is 38.1 Å². The van der Waals surface area contributed by atoms with Crippen molar-refractivity contribution in [2.75, 3.05) is 0 Å². The van der Waals surface area contributed by atoms with Crippen LogP contribution >= 0.6 is 0 Å². The van der Waals surface area contributed by atoms with Gasteiger partial charge >= 0.3 is 23.9 Å². The molecule has 0 amide bonds. The first-order valence-electron chi connectivity index (χ1n) is 7.70. The van der Waals surface area contributed by atoms with E-state index in [-0.39, 0.29) is 14.0 Å². The number of hydrogen-bond donors (Lipinski definition) is 4. The number of rotatable bonds is 6. The van der Waals surface area contributed by atoms with Gasteiger partial charge in [0, 0.05) is 8.27 Å². The van der Waals surface area contributed by atoms with Gasteiger partial charge in [-0.05, 0) is 23.3 Å². The van der Waals surface area contributed by atoms with Crippen molar-refractivity contribution in [3.63, 3.8) is 0 Å². The molecular formula is C19H20O8. The summed E-state index contributed by atoms with van der Waals surface area (Å²) < 4.78 is 0. The highest BCUT2D eigenvalue weighted by molar-refractivity contribution is 6.05. The van der Waals surface area contributed by atoms with Crippen molar-refractivity contribution in [2.24, 2.45) is 0 Å². The molecule has 0 aliphatic rings. The fourth-order valence-corrected chi connectivity index (χ4v) is 3.11. The summed E-state index contributed by atoms with van der Waals surface area (Å²) in [6, 6.07) is 7.75. The van der Waals surface area contributed by atoms with Crippen LogP contribution in [0.5, 0.6) is 0 Å². The Morgan fingerprint density at radius 1 is 0.667 bits per heavy atom. The number of benzene rings is 2. The molecule has 2 rings (SSSR count). The van der Waals surface area contributed by atoms with Gasteiger partial charge < -0.3 is 20.4 Å². The van der Waals surface area contributed by atoms with Crippen LogP contribution in [0.25, 0.3) is 0 Å². The standard InChI is InChI=1S/C19H16O8.2H2/c1-19(2,11-7-3-5-9(15(20)21)13(11)17(24)25)12-8-4-6-10(16(22)23)14(12)18(26)27;;/h3-8H,1-2H3,(H,20,21)(H,22,23)(H,24,25)(H,26,27);2*1H. The van der Waals surface area contributed by atoms with Crippen molar-refractivity contribution in [2.45, 2.75) is 19.3 Å². The zero-order valence-electron chi connectivity index (χ0n) is 14.4. The van der Waals surface area contributed by atoms with Gasteiger partial charge in [0.05, 0.1) is 22.3 Å². The Balaban J connectivity index is 0.00000392. The zero-order valence-corrected chi connectivity index (χ0v) is 14.4. The Morgan fingerprint density at radius 2 is 1.00 bits per heavy atom. The Bertz CT molecular complexity index is 905. The SMILES string of the molecule is CC(C)(c1cccc(C(=O)O)c1C(=O)O)c1cccc(C(=O)O)c1C(=O)O.[HH].[HH]. The van der Waals surface area contributed by atoms with Crippen LogP contribution in [-0.4, -0.2) is 44.3 Å². The molecule has 144 valence electrons. The van der Waals surface area contributed by atoms with E-state index in [0.717, 1.165) is 12.1 Å². The smallest absolute Gasteiger partial charge is 0.336 e. The molecule has 0 saturated carbocycles. The molecule has 0 radical (unpaired) electrons. The van der Waals surface area contributed by atoms with Crippen LogP contribution in [-0.2, 0) is 5.41 Å². The van der Waals surface area contributed by atoms with Crippen molar-refractivity contribution in [3.8, 4) is 0 Å². The average Bonchev–Trinajstić information content (AvgIpc) is 2.59. The lowest BCUT2D eigenvalue weighted by Crippen LogP contribution is -2.28. The third-order valence-corrected chi connectivity index (χ3v) is 4.36. The van der Waals surface area contributed by atoms with E-state index in [0.29, 0.717) is 0 Å². The van der Waals surface area contributed by atoms with Gasteiger partial charge in [-0.3, -0.25) is 0 Å². The predicted octanol–water partition coefficient (Wildman–Crippen LogP) is 3.30. The Morgan fingerprint density at radius 3 is 1.26 bits per heavy atom. The van der Waals surface area contributed by atoms with Gasteiger partial charge in [0.1, 0.15) is 0 Å². The summed E-state index contributed by atoms with van der Waals surface area (Å²) in [6.45, 7) is 3.02. The van der Waals surface area contributed by atoms with E-state index in [1.54, 1.807) is 0 Å². The van der Waals surface area contributed by atoms with Crippen LogP contribution in [0, 0.1) is 0 Å². The van der Waals surface area contributed by atoms with Crippen LogP contribution < -0.4 is 0 Å². The lowest BCUT2D eigenvalue weighted by molar-refractivity contribution is 0.0647. The van der Waals surface area contributed by atoms with Gasteiger partial charge in [-0.1, -0.05) is 38.1 Å². The van der Waals surface area contributed by atoms with Crippen LogP contribution in [0.4, 0.5) is 0 Å². The van der Waals surface area contributed by atoms with Gasteiger partial charge in [-0.15, -0.1) is 0 Å². The summed E-state index contributed by atoms with van der Waals surface area (Å²) >= 11 is 0. The lowest BCUT2D eigenvalue weighted by atomic mass is 9.72. The van der Waals surface area contributed by atoms with Crippen molar-refractivity contribution in [3.05, 3.63) is 69.8 Å². The molecule has 0 unspecified atom stereocenters. The molecule has 8 nitrogen and oxygen atoms in total. The molecule has 2 aromatic carbocycles. The second-order valence-corrected chi connectivity index (χ2v) is 6.30.